The summed E-state index contributed by atoms with van der Waals surface area (Å²) in [6.45, 7) is 0. The normalized spacial score (nSPS) is 20.0. The lowest BCUT2D eigenvalue weighted by atomic mass is 9.89. The first kappa shape index (κ1) is 24.4. The molecule has 0 radical (unpaired) electrons. The van der Waals surface area contributed by atoms with Gasteiger partial charge in [-0.3, -0.25) is 14.5 Å². The predicted octanol–water partition coefficient (Wildman–Crippen LogP) is 5.09. The molecule has 0 unspecified atom stereocenters. The summed E-state index contributed by atoms with van der Waals surface area (Å²) in [5, 5.41) is 31.6. The van der Waals surface area contributed by atoms with E-state index < -0.39 is 29.6 Å². The summed E-state index contributed by atoms with van der Waals surface area (Å²) in [5.41, 5.74) is 1.74. The van der Waals surface area contributed by atoms with Gasteiger partial charge in [-0.1, -0.05) is 65.6 Å². The zero-order chi connectivity index (χ0) is 25.2. The molecule has 3 heterocycles. The third kappa shape index (κ3) is 4.62. The average Bonchev–Trinajstić information content (AvgIpc) is 3.64. The number of aliphatic hydroxyl groups is 2. The lowest BCUT2D eigenvalue weighted by Crippen LogP contribution is -2.40. The largest absolute Gasteiger partial charge is 0.510 e. The van der Waals surface area contributed by atoms with Crippen LogP contribution in [0.15, 0.2) is 87.0 Å². The van der Waals surface area contributed by atoms with Crippen molar-refractivity contribution < 1.29 is 24.5 Å². The molecule has 3 aromatic rings. The van der Waals surface area contributed by atoms with E-state index in [4.69, 9.17) is 4.74 Å². The Morgan fingerprint density at radius 3 is 2.69 bits per heavy atom. The Morgan fingerprint density at radius 2 is 1.97 bits per heavy atom. The van der Waals surface area contributed by atoms with Gasteiger partial charge in [-0.2, -0.15) is 0 Å². The Bertz CT molecular complexity index is 1380. The number of anilines is 1. The van der Waals surface area contributed by atoms with E-state index in [2.05, 4.69) is 10.2 Å². The second-order valence-corrected chi connectivity index (χ2v) is 11.2. The van der Waals surface area contributed by atoms with Gasteiger partial charge < -0.3 is 14.9 Å². The van der Waals surface area contributed by atoms with Gasteiger partial charge in [0.15, 0.2) is 10.1 Å². The molecule has 0 fully saturated rings. The number of ketones is 1. The van der Waals surface area contributed by atoms with Crippen molar-refractivity contribution in [2.45, 2.75) is 28.7 Å². The number of Topliss-reactive ketones (excluding diaryl/α,β-unsaturated/α-hetero) is 1. The molecule has 5 rings (SSSR count). The van der Waals surface area contributed by atoms with Crippen molar-refractivity contribution in [3.8, 4) is 0 Å². The standard InChI is InChI=1S/C25H21N3O5S3/c1-33-17-12-15(9-10-16(17)29)20-19(21(30)18-8-5-11-34-18)22(31)23(32)28(20)24-26-27-25(36-24)35-13-14-6-3-2-4-7-14/h2-11,17,20,29,31H,12-13H2,1H3/t17-,20-/m0/s1. The smallest absolute Gasteiger partial charge is 0.296 e. The SMILES string of the molecule is CO[C@H]1CC([C@H]2C(C(=O)c3cccs3)=C(O)C(=O)N2c2nnc(SCc3ccccc3)s2)=CC=C1O. The molecule has 11 heteroatoms. The molecule has 36 heavy (non-hydrogen) atoms. The maximum atomic E-state index is 13.4. The molecule has 8 nitrogen and oxygen atoms in total. The van der Waals surface area contributed by atoms with Crippen LogP contribution in [-0.2, 0) is 15.3 Å². The van der Waals surface area contributed by atoms with Gasteiger partial charge in [0.25, 0.3) is 5.91 Å². The number of allylic oxidation sites excluding steroid dienone is 2. The van der Waals surface area contributed by atoms with Crippen molar-refractivity contribution >= 4 is 51.3 Å². The summed E-state index contributed by atoms with van der Waals surface area (Å²) < 4.78 is 6.04. The summed E-state index contributed by atoms with van der Waals surface area (Å²) in [6, 6.07) is 12.4. The lowest BCUT2D eigenvalue weighted by Gasteiger charge is -2.29. The van der Waals surface area contributed by atoms with Crippen LogP contribution in [0.5, 0.6) is 0 Å². The van der Waals surface area contributed by atoms with E-state index in [-0.39, 0.29) is 22.9 Å². The highest BCUT2D eigenvalue weighted by atomic mass is 32.2. The summed E-state index contributed by atoms with van der Waals surface area (Å²) in [4.78, 5) is 28.5. The number of aliphatic hydroxyl groups excluding tert-OH is 2. The minimum Gasteiger partial charge on any atom is -0.510 e. The van der Waals surface area contributed by atoms with Gasteiger partial charge in [0.1, 0.15) is 11.9 Å². The van der Waals surface area contributed by atoms with E-state index in [0.29, 0.717) is 20.5 Å². The minimum atomic E-state index is -0.908. The van der Waals surface area contributed by atoms with Crippen molar-refractivity contribution in [2.24, 2.45) is 0 Å². The number of hydrogen-bond acceptors (Lipinski definition) is 10. The molecule has 1 aromatic carbocycles. The summed E-state index contributed by atoms with van der Waals surface area (Å²) >= 11 is 3.94. The van der Waals surface area contributed by atoms with E-state index in [1.54, 1.807) is 23.6 Å². The zero-order valence-electron chi connectivity index (χ0n) is 19.0. The third-order valence-electron chi connectivity index (χ3n) is 5.86. The number of thioether (sulfide) groups is 1. The van der Waals surface area contributed by atoms with Crippen LogP contribution in [0.2, 0.25) is 0 Å². The van der Waals surface area contributed by atoms with Crippen LogP contribution in [0, 0.1) is 0 Å². The topological polar surface area (TPSA) is 113 Å². The minimum absolute atomic E-state index is 0.0213. The maximum Gasteiger partial charge on any atom is 0.296 e. The number of amides is 1. The van der Waals surface area contributed by atoms with E-state index >= 15 is 0 Å². The van der Waals surface area contributed by atoms with Crippen molar-refractivity contribution in [1.29, 1.82) is 0 Å². The average molecular weight is 540 g/mol. The molecule has 0 spiro atoms. The maximum absolute atomic E-state index is 13.4. The molecule has 0 bridgehead atoms. The van der Waals surface area contributed by atoms with Gasteiger partial charge in [-0.15, -0.1) is 21.5 Å². The Balaban J connectivity index is 1.50. The van der Waals surface area contributed by atoms with Gasteiger partial charge in [0.05, 0.1) is 16.5 Å². The molecule has 0 saturated carbocycles. The van der Waals surface area contributed by atoms with Gasteiger partial charge in [0, 0.05) is 19.3 Å². The van der Waals surface area contributed by atoms with Crippen molar-refractivity contribution in [3.05, 3.63) is 93.1 Å². The molecule has 2 aliphatic rings. The molecular weight excluding hydrogens is 518 g/mol. The van der Waals surface area contributed by atoms with Crippen LogP contribution < -0.4 is 4.90 Å². The molecule has 1 aliphatic carbocycles. The number of nitrogens with zero attached hydrogens (tertiary/aromatic N) is 3. The zero-order valence-corrected chi connectivity index (χ0v) is 21.5. The Morgan fingerprint density at radius 1 is 1.17 bits per heavy atom. The molecule has 1 amide bonds. The van der Waals surface area contributed by atoms with Crippen molar-refractivity contribution in [1.82, 2.24) is 10.2 Å². The van der Waals surface area contributed by atoms with Gasteiger partial charge in [-0.25, -0.2) is 0 Å². The third-order valence-corrected chi connectivity index (χ3v) is 8.86. The molecule has 1 aliphatic heterocycles. The number of thiophene rings is 1. The number of aromatic nitrogens is 2. The fraction of sp³-hybridized carbons (Fsp3) is 0.200. The number of hydrogen-bond donors (Lipinski definition) is 2. The number of benzene rings is 1. The molecule has 2 N–H and O–H groups in total. The van der Waals surface area contributed by atoms with E-state index in [0.717, 1.165) is 5.56 Å². The number of rotatable bonds is 8. The highest BCUT2D eigenvalue weighted by Gasteiger charge is 2.47. The fourth-order valence-electron chi connectivity index (χ4n) is 4.10. The van der Waals surface area contributed by atoms with Crippen LogP contribution in [-0.4, -0.2) is 51.4 Å². The number of ether oxygens (including phenoxy) is 1. The number of carbonyl (C=O) groups excluding carboxylic acids is 2. The monoisotopic (exact) mass is 539 g/mol. The quantitative estimate of drug-likeness (QED) is 0.231. The number of carbonyl (C=O) groups is 2. The lowest BCUT2D eigenvalue weighted by molar-refractivity contribution is -0.116. The second-order valence-electron chi connectivity index (χ2n) is 8.03. The fourth-order valence-corrected chi connectivity index (χ4v) is 6.60. The van der Waals surface area contributed by atoms with E-state index in [9.17, 15) is 19.8 Å². The molecular formula is C25H21N3O5S3. The second kappa shape index (κ2) is 10.4. The summed E-state index contributed by atoms with van der Waals surface area (Å²) in [7, 11) is 1.47. The molecule has 2 aromatic heterocycles. The van der Waals surface area contributed by atoms with Crippen LogP contribution in [0.25, 0.3) is 0 Å². The van der Waals surface area contributed by atoms with Gasteiger partial charge >= 0.3 is 0 Å². The first-order valence-corrected chi connectivity index (χ1v) is 13.6. The van der Waals surface area contributed by atoms with Crippen molar-refractivity contribution in [3.63, 3.8) is 0 Å². The van der Waals surface area contributed by atoms with E-state index in [1.165, 1.54) is 52.5 Å². The van der Waals surface area contributed by atoms with Crippen LogP contribution in [0.3, 0.4) is 0 Å². The highest BCUT2D eigenvalue weighted by molar-refractivity contribution is 8.00. The Labute approximate surface area is 219 Å². The predicted molar refractivity (Wildman–Crippen MR) is 140 cm³/mol. The summed E-state index contributed by atoms with van der Waals surface area (Å²) in [6.07, 6.45) is 2.74. The first-order chi connectivity index (χ1) is 17.5. The van der Waals surface area contributed by atoms with Crippen molar-refractivity contribution in [2.75, 3.05) is 12.0 Å². The Kier molecular flexibility index (Phi) is 7.06. The van der Waals surface area contributed by atoms with Crippen LogP contribution in [0.4, 0.5) is 5.13 Å². The Hall–Kier alpha value is -3.25. The van der Waals surface area contributed by atoms with Gasteiger partial charge in [-0.05, 0) is 28.7 Å². The molecule has 184 valence electrons. The van der Waals surface area contributed by atoms with Crippen LogP contribution >= 0.6 is 34.4 Å². The van der Waals surface area contributed by atoms with Gasteiger partial charge in [0.2, 0.25) is 10.9 Å². The van der Waals surface area contributed by atoms with Crippen LogP contribution in [0.1, 0.15) is 21.7 Å². The first-order valence-electron chi connectivity index (χ1n) is 11.0. The van der Waals surface area contributed by atoms with E-state index in [1.807, 2.05) is 30.3 Å². The molecule has 0 saturated heterocycles. The number of methoxy groups -OCH3 is 1. The summed E-state index contributed by atoms with van der Waals surface area (Å²) in [5.74, 6) is -1.03. The molecule has 2 atom stereocenters. The highest BCUT2D eigenvalue weighted by Crippen LogP contribution is 2.41.